The maximum Gasteiger partial charge on any atom is 0.0992 e. The molecule has 1 fully saturated rings. The summed E-state index contributed by atoms with van der Waals surface area (Å²) < 4.78 is 0. The Balaban J connectivity index is 1.38. The third-order valence-electron chi connectivity index (χ3n) is 11.1. The van der Waals surface area contributed by atoms with Crippen molar-refractivity contribution in [3.05, 3.63) is 71.5 Å². The molecule has 41 heavy (non-hydrogen) atoms. The zero-order valence-electron chi connectivity index (χ0n) is 24.8. The van der Waals surface area contributed by atoms with Crippen LogP contribution in [-0.2, 0) is 6.42 Å². The van der Waals surface area contributed by atoms with Crippen LogP contribution in [-0.4, -0.2) is 59.4 Å². The Morgan fingerprint density at radius 3 is 2.54 bits per heavy atom. The van der Waals surface area contributed by atoms with Crippen molar-refractivity contribution in [1.29, 1.82) is 0 Å². The predicted molar refractivity (Wildman–Crippen MR) is 169 cm³/mol. The number of rotatable bonds is 1. The molecule has 5 nitrogen and oxygen atoms in total. The first-order valence-corrected chi connectivity index (χ1v) is 16.7. The Morgan fingerprint density at radius 1 is 0.829 bits per heavy atom. The fourth-order valence-corrected chi connectivity index (χ4v) is 9.27. The maximum atomic E-state index is 13.0. The molecule has 0 saturated carbocycles. The molecule has 2 aromatic rings. The van der Waals surface area contributed by atoms with Gasteiger partial charge in [0.05, 0.1) is 11.6 Å². The number of benzene rings is 1. The number of para-hydroxylation sites is 1. The van der Waals surface area contributed by atoms with Crippen LogP contribution in [0.5, 0.6) is 0 Å². The molecular weight excluding hydrogens is 504 g/mol. The smallest absolute Gasteiger partial charge is 0.0992 e. The summed E-state index contributed by atoms with van der Waals surface area (Å²) in [5, 5.41) is 22.4. The van der Waals surface area contributed by atoms with Crippen molar-refractivity contribution >= 4 is 10.9 Å². The van der Waals surface area contributed by atoms with E-state index >= 15 is 0 Å². The van der Waals surface area contributed by atoms with Crippen molar-refractivity contribution in [2.24, 2.45) is 11.3 Å². The number of aliphatic hydroxyl groups is 1. The summed E-state index contributed by atoms with van der Waals surface area (Å²) >= 11 is 0. The van der Waals surface area contributed by atoms with E-state index in [-0.39, 0.29) is 17.5 Å². The molecule has 5 heteroatoms. The van der Waals surface area contributed by atoms with Crippen LogP contribution in [0, 0.1) is 11.3 Å². The van der Waals surface area contributed by atoms with Gasteiger partial charge >= 0.3 is 0 Å². The lowest BCUT2D eigenvalue weighted by molar-refractivity contribution is -0.0902. The summed E-state index contributed by atoms with van der Waals surface area (Å²) in [7, 11) is 0. The van der Waals surface area contributed by atoms with E-state index in [0.717, 1.165) is 64.7 Å². The maximum absolute atomic E-state index is 13.0. The lowest BCUT2D eigenvalue weighted by Gasteiger charge is -2.61. The quantitative estimate of drug-likeness (QED) is 0.311. The SMILES string of the molecule is O[C@]12C=C([C@@H]3NCCc4c3[nH]c3ccccc43)[C@@H]3CCN(CCCC/C=C\CC1)C[C@@]31CC/C=C\CCCCN[C@H]12. The van der Waals surface area contributed by atoms with Crippen molar-refractivity contribution < 1.29 is 5.11 Å². The highest BCUT2D eigenvalue weighted by Crippen LogP contribution is 2.56. The number of nitrogens with one attached hydrogen (secondary N) is 3. The zero-order chi connectivity index (χ0) is 27.7. The molecule has 220 valence electrons. The lowest BCUT2D eigenvalue weighted by atomic mass is 9.52. The molecule has 5 aliphatic rings. The molecule has 1 saturated heterocycles. The standard InChI is InChI=1S/C36H50N4O/c41-36-20-12-6-2-4-8-14-23-40-24-18-30(35(26-40)19-11-5-1-3-7-13-21-38-34(35)36)29(25-36)32-33-28(17-22-37-32)27-15-9-10-16-31(27)39-33/h1-2,5-6,9-10,15-16,25,30,32,34,37-39,41H,3-4,7-8,11-14,17-24,26H2/b5-1-,6-2-/t30-,32-,34+,35-,36-/m0/s1. The second kappa shape index (κ2) is 11.8. The van der Waals surface area contributed by atoms with E-state index in [1.807, 2.05) is 0 Å². The van der Waals surface area contributed by atoms with Gasteiger partial charge in [-0.05, 0) is 120 Å². The summed E-state index contributed by atoms with van der Waals surface area (Å²) in [5.74, 6) is 0.446. The Hall–Kier alpha value is -2.18. The van der Waals surface area contributed by atoms with Crippen molar-refractivity contribution in [1.82, 2.24) is 20.5 Å². The van der Waals surface area contributed by atoms with Gasteiger partial charge in [0.2, 0.25) is 0 Å². The molecule has 3 bridgehead atoms. The first-order chi connectivity index (χ1) is 20.2. The molecular formula is C36H50N4O. The molecule has 6 atom stereocenters. The van der Waals surface area contributed by atoms with E-state index < -0.39 is 5.60 Å². The number of allylic oxidation sites excluding steroid dienone is 4. The van der Waals surface area contributed by atoms with Gasteiger partial charge in [0.1, 0.15) is 0 Å². The molecule has 5 heterocycles. The third kappa shape index (κ3) is 5.18. The van der Waals surface area contributed by atoms with Gasteiger partial charge in [-0.15, -0.1) is 0 Å². The molecule has 1 spiro atoms. The number of aromatic nitrogens is 1. The first kappa shape index (κ1) is 27.6. The molecule has 1 aliphatic carbocycles. The predicted octanol–water partition coefficient (Wildman–Crippen LogP) is 6.33. The van der Waals surface area contributed by atoms with Gasteiger partial charge in [0.15, 0.2) is 0 Å². The fraction of sp³-hybridized carbons (Fsp3) is 0.611. The van der Waals surface area contributed by atoms with E-state index in [0.29, 0.717) is 5.92 Å². The van der Waals surface area contributed by atoms with E-state index in [1.54, 1.807) is 0 Å². The number of hydrogen-bond donors (Lipinski definition) is 4. The van der Waals surface area contributed by atoms with Gasteiger partial charge in [-0.1, -0.05) is 48.6 Å². The van der Waals surface area contributed by atoms with Gasteiger partial charge < -0.3 is 25.6 Å². The van der Waals surface area contributed by atoms with Crippen molar-refractivity contribution in [2.45, 2.75) is 94.7 Å². The summed E-state index contributed by atoms with van der Waals surface area (Å²) in [6.07, 6.45) is 25.4. The second-order valence-corrected chi connectivity index (χ2v) is 13.6. The van der Waals surface area contributed by atoms with Gasteiger partial charge in [0.25, 0.3) is 0 Å². The summed E-state index contributed by atoms with van der Waals surface area (Å²) in [4.78, 5) is 6.63. The normalized spacial score (nSPS) is 38.2. The van der Waals surface area contributed by atoms with Crippen LogP contribution in [0.2, 0.25) is 0 Å². The zero-order valence-corrected chi connectivity index (χ0v) is 24.8. The lowest BCUT2D eigenvalue weighted by Crippen LogP contribution is -2.69. The first-order valence-electron chi connectivity index (χ1n) is 16.7. The highest BCUT2D eigenvalue weighted by atomic mass is 16.3. The largest absolute Gasteiger partial charge is 0.384 e. The van der Waals surface area contributed by atoms with E-state index in [2.05, 4.69) is 75.2 Å². The monoisotopic (exact) mass is 554 g/mol. The van der Waals surface area contributed by atoms with E-state index in [9.17, 15) is 5.11 Å². The highest BCUT2D eigenvalue weighted by Gasteiger charge is 2.59. The number of fused-ring (bicyclic) bond motifs is 4. The topological polar surface area (TPSA) is 63.3 Å². The summed E-state index contributed by atoms with van der Waals surface area (Å²) in [6, 6.07) is 9.01. The van der Waals surface area contributed by atoms with Crippen molar-refractivity contribution in [3.63, 3.8) is 0 Å². The average molecular weight is 555 g/mol. The minimum Gasteiger partial charge on any atom is -0.384 e. The molecule has 1 aromatic carbocycles. The van der Waals surface area contributed by atoms with Crippen LogP contribution in [0.1, 0.15) is 87.9 Å². The Morgan fingerprint density at radius 2 is 1.63 bits per heavy atom. The number of nitrogens with zero attached hydrogens (tertiary/aromatic N) is 1. The van der Waals surface area contributed by atoms with Gasteiger partial charge in [-0.3, -0.25) is 0 Å². The van der Waals surface area contributed by atoms with Crippen LogP contribution in [0.3, 0.4) is 0 Å². The Bertz CT molecular complexity index is 1310. The van der Waals surface area contributed by atoms with Crippen LogP contribution in [0.15, 0.2) is 60.2 Å². The molecule has 1 unspecified atom stereocenters. The number of hydrogen-bond acceptors (Lipinski definition) is 4. The molecule has 7 rings (SSSR count). The van der Waals surface area contributed by atoms with Gasteiger partial charge in [0, 0.05) is 41.1 Å². The third-order valence-corrected chi connectivity index (χ3v) is 11.1. The van der Waals surface area contributed by atoms with Crippen LogP contribution < -0.4 is 10.6 Å². The summed E-state index contributed by atoms with van der Waals surface area (Å²) in [5.41, 5.74) is 4.62. The van der Waals surface area contributed by atoms with Gasteiger partial charge in [-0.25, -0.2) is 0 Å². The molecule has 4 N–H and O–H groups in total. The Kier molecular flexibility index (Phi) is 7.98. The molecule has 0 amide bonds. The van der Waals surface area contributed by atoms with Crippen LogP contribution in [0.4, 0.5) is 0 Å². The van der Waals surface area contributed by atoms with Crippen molar-refractivity contribution in [2.75, 3.05) is 32.7 Å². The highest BCUT2D eigenvalue weighted by molar-refractivity contribution is 5.85. The average Bonchev–Trinajstić information content (AvgIpc) is 3.35. The molecule has 1 aromatic heterocycles. The molecule has 4 aliphatic heterocycles. The number of aromatic amines is 1. The minimum atomic E-state index is -0.879. The molecule has 0 radical (unpaired) electrons. The number of piperidine rings is 1. The van der Waals surface area contributed by atoms with Crippen LogP contribution >= 0.6 is 0 Å². The van der Waals surface area contributed by atoms with E-state index in [1.165, 1.54) is 72.8 Å². The Labute approximate surface area is 246 Å². The van der Waals surface area contributed by atoms with Crippen molar-refractivity contribution in [3.8, 4) is 0 Å². The van der Waals surface area contributed by atoms with Gasteiger partial charge in [-0.2, -0.15) is 0 Å². The van der Waals surface area contributed by atoms with Crippen LogP contribution in [0.25, 0.3) is 10.9 Å². The minimum absolute atomic E-state index is 0.00512. The second-order valence-electron chi connectivity index (χ2n) is 13.6. The van der Waals surface area contributed by atoms with E-state index in [4.69, 9.17) is 0 Å². The fourth-order valence-electron chi connectivity index (χ4n) is 9.27. The summed E-state index contributed by atoms with van der Waals surface area (Å²) in [6.45, 7) is 5.39. The number of H-pyrrole nitrogens is 1.